The molecule has 6 heteroatoms. The smallest absolute Gasteiger partial charge is 0.252 e. The summed E-state index contributed by atoms with van der Waals surface area (Å²) in [4.78, 5) is 0. The predicted molar refractivity (Wildman–Crippen MR) is 81.2 cm³/mol. The lowest BCUT2D eigenvalue weighted by atomic mass is 10.2. The van der Waals surface area contributed by atoms with Crippen molar-refractivity contribution in [3.8, 4) is 0 Å². The lowest BCUT2D eigenvalue weighted by Gasteiger charge is -2.29. The van der Waals surface area contributed by atoms with E-state index in [-0.39, 0.29) is 12.6 Å². The summed E-state index contributed by atoms with van der Waals surface area (Å²) in [6.45, 7) is 4.55. The number of rotatable bonds is 6. The van der Waals surface area contributed by atoms with Crippen molar-refractivity contribution >= 4 is 21.4 Å². The van der Waals surface area contributed by atoms with Crippen LogP contribution in [0.15, 0.2) is 15.7 Å². The second kappa shape index (κ2) is 6.56. The van der Waals surface area contributed by atoms with E-state index in [9.17, 15) is 8.42 Å². The highest BCUT2D eigenvalue weighted by Crippen LogP contribution is 2.31. The van der Waals surface area contributed by atoms with Crippen molar-refractivity contribution in [3.05, 3.63) is 17.0 Å². The number of aliphatic hydroxyl groups is 1. The van der Waals surface area contributed by atoms with E-state index in [0.29, 0.717) is 22.2 Å². The van der Waals surface area contributed by atoms with Gasteiger partial charge in [0.1, 0.15) is 4.21 Å². The van der Waals surface area contributed by atoms with Gasteiger partial charge in [0.25, 0.3) is 10.0 Å². The molecular weight excluding hydrogens is 294 g/mol. The highest BCUT2D eigenvalue weighted by molar-refractivity contribution is 7.91. The van der Waals surface area contributed by atoms with Crippen LogP contribution in [-0.2, 0) is 16.6 Å². The van der Waals surface area contributed by atoms with Crippen molar-refractivity contribution < 1.29 is 13.5 Å². The van der Waals surface area contributed by atoms with Crippen molar-refractivity contribution in [2.24, 2.45) is 5.92 Å². The van der Waals surface area contributed by atoms with Crippen LogP contribution in [0.5, 0.6) is 0 Å². The SMILES string of the molecule is CC(C)CN(C1CCCC1)S(=O)(=O)c1cc(CO)cs1. The van der Waals surface area contributed by atoms with E-state index in [1.54, 1.807) is 15.8 Å². The zero-order valence-corrected chi connectivity index (χ0v) is 13.7. The minimum absolute atomic E-state index is 0.111. The third-order valence-corrected chi connectivity index (χ3v) is 7.03. The molecule has 1 aromatic rings. The lowest BCUT2D eigenvalue weighted by Crippen LogP contribution is -2.40. The molecule has 1 heterocycles. The van der Waals surface area contributed by atoms with Crippen LogP contribution in [0.2, 0.25) is 0 Å². The molecule has 1 N–H and O–H groups in total. The Morgan fingerprint density at radius 2 is 2.05 bits per heavy atom. The molecule has 114 valence electrons. The van der Waals surface area contributed by atoms with Crippen molar-refractivity contribution in [1.29, 1.82) is 0 Å². The molecule has 1 fully saturated rings. The van der Waals surface area contributed by atoms with Gasteiger partial charge in [-0.2, -0.15) is 4.31 Å². The maximum absolute atomic E-state index is 12.8. The Balaban J connectivity index is 2.29. The summed E-state index contributed by atoms with van der Waals surface area (Å²) in [6, 6.07) is 1.74. The molecule has 2 rings (SSSR count). The van der Waals surface area contributed by atoms with Crippen LogP contribution < -0.4 is 0 Å². The average molecular weight is 317 g/mol. The van der Waals surface area contributed by atoms with E-state index in [1.165, 1.54) is 11.3 Å². The zero-order valence-electron chi connectivity index (χ0n) is 12.1. The molecule has 1 aliphatic rings. The Hall–Kier alpha value is -0.430. The van der Waals surface area contributed by atoms with Crippen LogP contribution in [0.25, 0.3) is 0 Å². The maximum Gasteiger partial charge on any atom is 0.252 e. The number of nitrogens with zero attached hydrogens (tertiary/aromatic N) is 1. The minimum Gasteiger partial charge on any atom is -0.392 e. The first-order valence-electron chi connectivity index (χ1n) is 7.15. The van der Waals surface area contributed by atoms with Crippen molar-refractivity contribution in [1.82, 2.24) is 4.31 Å². The molecule has 20 heavy (non-hydrogen) atoms. The second-order valence-electron chi connectivity index (χ2n) is 5.84. The molecule has 0 amide bonds. The maximum atomic E-state index is 12.8. The first kappa shape index (κ1) is 15.9. The average Bonchev–Trinajstić information content (AvgIpc) is 3.06. The van der Waals surface area contributed by atoms with Crippen molar-refractivity contribution in [2.75, 3.05) is 6.54 Å². The highest BCUT2D eigenvalue weighted by Gasteiger charge is 2.34. The summed E-state index contributed by atoms with van der Waals surface area (Å²) >= 11 is 1.21. The highest BCUT2D eigenvalue weighted by atomic mass is 32.2. The van der Waals surface area contributed by atoms with Crippen LogP contribution in [0.1, 0.15) is 45.1 Å². The van der Waals surface area contributed by atoms with Crippen LogP contribution in [0.4, 0.5) is 0 Å². The molecule has 0 saturated heterocycles. The van der Waals surface area contributed by atoms with Gasteiger partial charge in [0.15, 0.2) is 0 Å². The molecule has 0 aromatic carbocycles. The van der Waals surface area contributed by atoms with Crippen molar-refractivity contribution in [3.63, 3.8) is 0 Å². The molecular formula is C14H23NO3S2. The topological polar surface area (TPSA) is 57.6 Å². The van der Waals surface area contributed by atoms with Gasteiger partial charge >= 0.3 is 0 Å². The van der Waals surface area contributed by atoms with Gasteiger partial charge in [-0.3, -0.25) is 0 Å². The zero-order chi connectivity index (χ0) is 14.8. The Bertz CT molecular complexity index is 530. The molecule has 0 radical (unpaired) electrons. The predicted octanol–water partition coefficient (Wildman–Crippen LogP) is 2.83. The van der Waals surface area contributed by atoms with Gasteiger partial charge in [0, 0.05) is 12.6 Å². The van der Waals surface area contributed by atoms with Gasteiger partial charge in [0.2, 0.25) is 0 Å². The molecule has 0 atom stereocenters. The molecule has 1 aromatic heterocycles. The van der Waals surface area contributed by atoms with Crippen LogP contribution in [0.3, 0.4) is 0 Å². The Morgan fingerprint density at radius 3 is 2.55 bits per heavy atom. The van der Waals surface area contributed by atoms with Crippen LogP contribution in [0, 0.1) is 5.92 Å². The Kier molecular flexibility index (Phi) is 5.23. The van der Waals surface area contributed by atoms with Gasteiger partial charge in [-0.25, -0.2) is 8.42 Å². The summed E-state index contributed by atoms with van der Waals surface area (Å²) < 4.78 is 27.7. The number of thiophene rings is 1. The largest absolute Gasteiger partial charge is 0.392 e. The number of hydrogen-bond acceptors (Lipinski definition) is 4. The number of hydrogen-bond donors (Lipinski definition) is 1. The molecule has 0 spiro atoms. The quantitative estimate of drug-likeness (QED) is 0.877. The van der Waals surface area contributed by atoms with Gasteiger partial charge in [0.05, 0.1) is 6.61 Å². The van der Waals surface area contributed by atoms with Gasteiger partial charge in [-0.05, 0) is 35.8 Å². The van der Waals surface area contributed by atoms with Gasteiger partial charge in [-0.1, -0.05) is 26.7 Å². The van der Waals surface area contributed by atoms with E-state index in [4.69, 9.17) is 5.11 Å². The lowest BCUT2D eigenvalue weighted by molar-refractivity contribution is 0.282. The molecule has 0 unspecified atom stereocenters. The minimum atomic E-state index is -3.43. The Morgan fingerprint density at radius 1 is 1.40 bits per heavy atom. The molecule has 0 aliphatic heterocycles. The summed E-state index contributed by atoms with van der Waals surface area (Å²) in [7, 11) is -3.43. The Labute approximate surface area is 125 Å². The summed E-state index contributed by atoms with van der Waals surface area (Å²) in [5.41, 5.74) is 0.671. The first-order chi connectivity index (χ1) is 9.45. The molecule has 1 aliphatic carbocycles. The fourth-order valence-corrected chi connectivity index (χ4v) is 5.86. The summed E-state index contributed by atoms with van der Waals surface area (Å²) in [6.07, 6.45) is 4.15. The van der Waals surface area contributed by atoms with E-state index in [1.807, 2.05) is 13.8 Å². The van der Waals surface area contributed by atoms with Crippen LogP contribution >= 0.6 is 11.3 Å². The summed E-state index contributed by atoms with van der Waals surface area (Å²) in [5.74, 6) is 0.308. The number of aliphatic hydroxyl groups excluding tert-OH is 1. The van der Waals surface area contributed by atoms with Crippen LogP contribution in [-0.4, -0.2) is 30.4 Å². The number of sulfonamides is 1. The van der Waals surface area contributed by atoms with E-state index in [0.717, 1.165) is 25.7 Å². The normalized spacial score (nSPS) is 17.4. The van der Waals surface area contributed by atoms with Gasteiger partial charge in [-0.15, -0.1) is 11.3 Å². The standard InChI is InChI=1S/C14H23NO3S2/c1-11(2)8-15(13-5-3-4-6-13)20(17,18)14-7-12(9-16)10-19-14/h7,10-11,13,16H,3-6,8-9H2,1-2H3. The third-order valence-electron chi connectivity index (χ3n) is 3.65. The van der Waals surface area contributed by atoms with E-state index < -0.39 is 10.0 Å². The molecule has 4 nitrogen and oxygen atoms in total. The van der Waals surface area contributed by atoms with E-state index >= 15 is 0 Å². The summed E-state index contributed by atoms with van der Waals surface area (Å²) in [5, 5.41) is 10.8. The van der Waals surface area contributed by atoms with E-state index in [2.05, 4.69) is 0 Å². The molecule has 0 bridgehead atoms. The van der Waals surface area contributed by atoms with Crippen molar-refractivity contribution in [2.45, 2.75) is 56.4 Å². The monoisotopic (exact) mass is 317 g/mol. The second-order valence-corrected chi connectivity index (χ2v) is 8.87. The fraction of sp³-hybridized carbons (Fsp3) is 0.714. The van der Waals surface area contributed by atoms with Gasteiger partial charge < -0.3 is 5.11 Å². The first-order valence-corrected chi connectivity index (χ1v) is 9.47. The third kappa shape index (κ3) is 3.42. The fourth-order valence-electron chi connectivity index (χ4n) is 2.68. The molecule has 1 saturated carbocycles.